The number of hydrogen-bond acceptors (Lipinski definition) is 2. The van der Waals surface area contributed by atoms with Crippen molar-refractivity contribution in [2.24, 2.45) is 0 Å². The maximum Gasteiger partial charge on any atom is 0.407 e. The van der Waals surface area contributed by atoms with Crippen LogP contribution in [0.1, 0.15) is 29.3 Å². The monoisotopic (exact) mass is 407 g/mol. The van der Waals surface area contributed by atoms with Gasteiger partial charge in [-0.05, 0) is 55.3 Å². The van der Waals surface area contributed by atoms with Gasteiger partial charge >= 0.3 is 6.09 Å². The van der Waals surface area contributed by atoms with Gasteiger partial charge in [-0.3, -0.25) is 4.79 Å². The van der Waals surface area contributed by atoms with E-state index in [9.17, 15) is 19.1 Å². The number of carboxylic acid groups (broad SMARTS) is 1. The van der Waals surface area contributed by atoms with Crippen molar-refractivity contribution in [1.82, 2.24) is 4.90 Å². The van der Waals surface area contributed by atoms with E-state index in [2.05, 4.69) is 15.9 Å². The molecule has 0 aliphatic rings. The van der Waals surface area contributed by atoms with Crippen molar-refractivity contribution in [1.29, 1.82) is 0 Å². The van der Waals surface area contributed by atoms with Gasteiger partial charge < -0.3 is 10.0 Å². The highest BCUT2D eigenvalue weighted by atomic mass is 79.9. The molecule has 2 aromatic rings. The summed E-state index contributed by atoms with van der Waals surface area (Å²) >= 11 is 3.36. The molecule has 132 valence electrons. The number of Topliss-reactive ketones (excluding diaryl/α,β-unsaturated/α-hetero) is 1. The molecule has 0 saturated carbocycles. The van der Waals surface area contributed by atoms with Gasteiger partial charge in [0.15, 0.2) is 5.78 Å². The van der Waals surface area contributed by atoms with Crippen molar-refractivity contribution in [3.63, 3.8) is 0 Å². The van der Waals surface area contributed by atoms with Crippen molar-refractivity contribution < 1.29 is 19.1 Å². The minimum Gasteiger partial charge on any atom is -0.465 e. The quantitative estimate of drug-likeness (QED) is 0.672. The lowest BCUT2D eigenvalue weighted by atomic mass is 9.97. The molecule has 0 spiro atoms. The van der Waals surface area contributed by atoms with Gasteiger partial charge in [-0.1, -0.05) is 28.1 Å². The molecule has 0 fully saturated rings. The molecule has 0 radical (unpaired) electrons. The Hall–Kier alpha value is -2.21. The summed E-state index contributed by atoms with van der Waals surface area (Å²) < 4.78 is 14.0. The van der Waals surface area contributed by atoms with E-state index in [-0.39, 0.29) is 18.7 Å². The van der Waals surface area contributed by atoms with Crippen molar-refractivity contribution in [3.8, 4) is 0 Å². The maximum absolute atomic E-state index is 13.0. The minimum absolute atomic E-state index is 0.0435. The van der Waals surface area contributed by atoms with Crippen LogP contribution >= 0.6 is 15.9 Å². The lowest BCUT2D eigenvalue weighted by Gasteiger charge is -2.28. The Balaban J connectivity index is 2.21. The third-order valence-corrected chi connectivity index (χ3v) is 4.53. The molecule has 0 bridgehead atoms. The second-order valence-electron chi connectivity index (χ2n) is 5.69. The molecule has 0 aromatic heterocycles. The van der Waals surface area contributed by atoms with Gasteiger partial charge in [0.1, 0.15) is 5.82 Å². The molecule has 0 saturated heterocycles. The highest BCUT2D eigenvalue weighted by Crippen LogP contribution is 2.18. The first-order chi connectivity index (χ1) is 11.9. The number of ketones is 1. The van der Waals surface area contributed by atoms with E-state index < -0.39 is 18.0 Å². The number of rotatable bonds is 7. The Bertz CT molecular complexity index is 731. The number of benzene rings is 2. The van der Waals surface area contributed by atoms with Crippen LogP contribution < -0.4 is 0 Å². The molecule has 2 aromatic carbocycles. The van der Waals surface area contributed by atoms with E-state index in [1.165, 1.54) is 29.2 Å². The molecular formula is C19H19BrFNO3. The molecule has 4 nitrogen and oxygen atoms in total. The molecule has 25 heavy (non-hydrogen) atoms. The van der Waals surface area contributed by atoms with Crippen LogP contribution in [-0.4, -0.2) is 34.5 Å². The van der Waals surface area contributed by atoms with Crippen LogP contribution in [0.5, 0.6) is 0 Å². The van der Waals surface area contributed by atoms with E-state index in [4.69, 9.17) is 0 Å². The predicted molar refractivity (Wildman–Crippen MR) is 97.4 cm³/mol. The first-order valence-electron chi connectivity index (χ1n) is 7.93. The Morgan fingerprint density at radius 1 is 1.12 bits per heavy atom. The van der Waals surface area contributed by atoms with Crippen molar-refractivity contribution in [2.45, 2.75) is 25.8 Å². The average molecular weight is 408 g/mol. The van der Waals surface area contributed by atoms with E-state index in [0.717, 1.165) is 10.0 Å². The minimum atomic E-state index is -1.06. The Morgan fingerprint density at radius 2 is 1.72 bits per heavy atom. The molecule has 6 heteroatoms. The highest BCUT2D eigenvalue weighted by molar-refractivity contribution is 9.10. The van der Waals surface area contributed by atoms with Gasteiger partial charge in [0.2, 0.25) is 0 Å². The van der Waals surface area contributed by atoms with Gasteiger partial charge in [-0.15, -0.1) is 0 Å². The fourth-order valence-corrected chi connectivity index (χ4v) is 2.97. The largest absolute Gasteiger partial charge is 0.465 e. The normalized spacial score (nSPS) is 11.8. The molecule has 0 unspecified atom stereocenters. The van der Waals surface area contributed by atoms with Crippen LogP contribution in [0.2, 0.25) is 0 Å². The third kappa shape index (κ3) is 5.39. The van der Waals surface area contributed by atoms with Crippen molar-refractivity contribution in [3.05, 3.63) is 69.9 Å². The lowest BCUT2D eigenvalue weighted by Crippen LogP contribution is -2.42. The Labute approximate surface area is 154 Å². The third-order valence-electron chi connectivity index (χ3n) is 4.00. The summed E-state index contributed by atoms with van der Waals surface area (Å²) in [5.41, 5.74) is 1.32. The van der Waals surface area contributed by atoms with Crippen LogP contribution in [-0.2, 0) is 6.42 Å². The number of amides is 1. The first-order valence-corrected chi connectivity index (χ1v) is 8.72. The summed E-state index contributed by atoms with van der Waals surface area (Å²) in [6.07, 6.45) is -0.584. The first kappa shape index (κ1) is 19.1. The zero-order valence-corrected chi connectivity index (χ0v) is 15.4. The standard InChI is InChI=1S/C19H19BrFNO3/c1-2-22(19(24)25)17(11-13-3-7-15(20)8-4-13)12-18(23)14-5-9-16(21)10-6-14/h3-10,17H,2,11-12H2,1H3,(H,24,25)/t17-/m0/s1. The van der Waals surface area contributed by atoms with E-state index in [1.54, 1.807) is 6.92 Å². The molecule has 0 aliphatic heterocycles. The number of halogens is 2. The van der Waals surface area contributed by atoms with Crippen LogP contribution in [0.3, 0.4) is 0 Å². The van der Waals surface area contributed by atoms with Crippen LogP contribution in [0.4, 0.5) is 9.18 Å². The van der Waals surface area contributed by atoms with Gasteiger partial charge in [0.25, 0.3) is 0 Å². The van der Waals surface area contributed by atoms with Gasteiger partial charge in [-0.2, -0.15) is 0 Å². The summed E-state index contributed by atoms with van der Waals surface area (Å²) in [5, 5.41) is 9.44. The number of carbonyl (C=O) groups is 2. The number of carbonyl (C=O) groups excluding carboxylic acids is 1. The Morgan fingerprint density at radius 3 is 2.24 bits per heavy atom. The molecule has 1 atom stereocenters. The Kier molecular flexibility index (Phi) is 6.70. The summed E-state index contributed by atoms with van der Waals surface area (Å²) in [4.78, 5) is 25.3. The maximum atomic E-state index is 13.0. The molecular weight excluding hydrogens is 389 g/mol. The molecule has 2 rings (SSSR count). The van der Waals surface area contributed by atoms with E-state index >= 15 is 0 Å². The highest BCUT2D eigenvalue weighted by Gasteiger charge is 2.25. The summed E-state index contributed by atoms with van der Waals surface area (Å²) in [6.45, 7) is 2.03. The fourth-order valence-electron chi connectivity index (χ4n) is 2.70. The SMILES string of the molecule is CCN(C(=O)O)[C@H](CC(=O)c1ccc(F)cc1)Cc1ccc(Br)cc1. The summed E-state index contributed by atoms with van der Waals surface area (Å²) in [7, 11) is 0. The van der Waals surface area contributed by atoms with Crippen LogP contribution in [0.15, 0.2) is 53.0 Å². The molecule has 0 heterocycles. The van der Waals surface area contributed by atoms with Crippen LogP contribution in [0, 0.1) is 5.82 Å². The predicted octanol–water partition coefficient (Wildman–Crippen LogP) is 4.77. The van der Waals surface area contributed by atoms with Crippen molar-refractivity contribution in [2.75, 3.05) is 6.54 Å². The number of likely N-dealkylation sites (N-methyl/N-ethyl adjacent to an activating group) is 1. The number of hydrogen-bond donors (Lipinski definition) is 1. The molecule has 1 amide bonds. The molecule has 1 N–H and O–H groups in total. The average Bonchev–Trinajstić information content (AvgIpc) is 2.57. The van der Waals surface area contributed by atoms with Gasteiger partial charge in [-0.25, -0.2) is 9.18 Å². The number of nitrogens with zero attached hydrogens (tertiary/aromatic N) is 1. The van der Waals surface area contributed by atoms with Crippen molar-refractivity contribution >= 4 is 27.8 Å². The van der Waals surface area contributed by atoms with Gasteiger partial charge in [0, 0.05) is 29.0 Å². The second kappa shape index (κ2) is 8.76. The second-order valence-corrected chi connectivity index (χ2v) is 6.60. The summed E-state index contributed by atoms with van der Waals surface area (Å²) in [6, 6.07) is 12.4. The molecule has 0 aliphatic carbocycles. The zero-order chi connectivity index (χ0) is 18.4. The lowest BCUT2D eigenvalue weighted by molar-refractivity contribution is 0.0906. The summed E-state index contributed by atoms with van der Waals surface area (Å²) in [5.74, 6) is -0.620. The van der Waals surface area contributed by atoms with E-state index in [1.807, 2.05) is 24.3 Å². The van der Waals surface area contributed by atoms with Gasteiger partial charge in [0.05, 0.1) is 0 Å². The fraction of sp³-hybridized carbons (Fsp3) is 0.263. The smallest absolute Gasteiger partial charge is 0.407 e. The zero-order valence-electron chi connectivity index (χ0n) is 13.8. The van der Waals surface area contributed by atoms with Crippen LogP contribution in [0.25, 0.3) is 0 Å². The topological polar surface area (TPSA) is 57.6 Å². The van der Waals surface area contributed by atoms with E-state index in [0.29, 0.717) is 12.0 Å².